The number of carbonyl (C=O) groups excluding carboxylic acids is 1. The zero-order valence-corrected chi connectivity index (χ0v) is 18.0. The van der Waals surface area contributed by atoms with Gasteiger partial charge in [0.05, 0.1) is 6.54 Å². The number of anilines is 2. The summed E-state index contributed by atoms with van der Waals surface area (Å²) in [7, 11) is 1.97. The lowest BCUT2D eigenvalue weighted by atomic mass is 9.98. The molecule has 152 valence electrons. The van der Waals surface area contributed by atoms with Crippen LogP contribution in [0.2, 0.25) is 0 Å². The average Bonchev–Trinajstić information content (AvgIpc) is 3.04. The predicted octanol–water partition coefficient (Wildman–Crippen LogP) is 4.00. The van der Waals surface area contributed by atoms with Crippen LogP contribution in [0.15, 0.2) is 42.1 Å². The van der Waals surface area contributed by atoms with E-state index in [0.29, 0.717) is 6.54 Å². The van der Waals surface area contributed by atoms with Crippen LogP contribution in [-0.2, 0) is 24.8 Å². The van der Waals surface area contributed by atoms with E-state index in [1.165, 1.54) is 22.5 Å². The number of allylic oxidation sites excluding steroid dienone is 4. The zero-order valence-electron chi connectivity index (χ0n) is 17.2. The molecule has 0 fully saturated rings. The lowest BCUT2D eigenvalue weighted by molar-refractivity contribution is -0.129. The summed E-state index contributed by atoms with van der Waals surface area (Å²) >= 11 is 1.64. The highest BCUT2D eigenvalue weighted by atomic mass is 32.2. The maximum Gasteiger partial charge on any atom is 0.219 e. The fourth-order valence-corrected chi connectivity index (χ4v) is 4.38. The summed E-state index contributed by atoms with van der Waals surface area (Å²) < 4.78 is 5.29. The van der Waals surface area contributed by atoms with E-state index in [0.717, 1.165) is 42.9 Å². The molecule has 2 heterocycles. The third-order valence-corrected chi connectivity index (χ3v) is 5.98. The normalized spacial score (nSPS) is 16.0. The van der Waals surface area contributed by atoms with Crippen LogP contribution in [0.4, 0.5) is 11.5 Å². The lowest BCUT2D eigenvalue weighted by Gasteiger charge is -2.26. The Labute approximate surface area is 176 Å². The van der Waals surface area contributed by atoms with Gasteiger partial charge < -0.3 is 14.9 Å². The monoisotopic (exact) mass is 409 g/mol. The Bertz CT molecular complexity index is 974. The van der Waals surface area contributed by atoms with Crippen molar-refractivity contribution in [1.29, 1.82) is 0 Å². The lowest BCUT2D eigenvalue weighted by Crippen LogP contribution is -2.34. The van der Waals surface area contributed by atoms with Gasteiger partial charge in [-0.2, -0.15) is 5.10 Å². The van der Waals surface area contributed by atoms with Gasteiger partial charge >= 0.3 is 0 Å². The summed E-state index contributed by atoms with van der Waals surface area (Å²) in [6, 6.07) is 8.47. The van der Waals surface area contributed by atoms with Gasteiger partial charge in [0.2, 0.25) is 5.91 Å². The van der Waals surface area contributed by atoms with E-state index in [2.05, 4.69) is 51.6 Å². The highest BCUT2D eigenvalue weighted by Crippen LogP contribution is 2.30. The third kappa shape index (κ3) is 4.19. The summed E-state index contributed by atoms with van der Waals surface area (Å²) in [5, 5.41) is 8.11. The smallest absolute Gasteiger partial charge is 0.219 e. The quantitative estimate of drug-likeness (QED) is 0.731. The standard InChI is InChI=1S/C22H27N5OS/c1-15(28)27-12-11-21-20(14-27)22(24-26(21)2)23-18-9-7-16(8-10-18)17-5-4-6-19(13-17)25-29-3/h5,7-10,13,25H,4,6,11-12,14H2,1-3H3,(H,23,24). The molecule has 0 atom stereocenters. The Balaban J connectivity index is 1.52. The zero-order chi connectivity index (χ0) is 20.4. The molecule has 0 bridgehead atoms. The second-order valence-corrected chi connectivity index (χ2v) is 8.08. The Morgan fingerprint density at radius 3 is 2.72 bits per heavy atom. The molecule has 6 nitrogen and oxygen atoms in total. The first-order valence-electron chi connectivity index (χ1n) is 9.92. The number of carbonyl (C=O) groups is 1. The van der Waals surface area contributed by atoms with Gasteiger partial charge in [0.25, 0.3) is 0 Å². The van der Waals surface area contributed by atoms with Crippen LogP contribution >= 0.6 is 11.9 Å². The summed E-state index contributed by atoms with van der Waals surface area (Å²) in [6.07, 6.45) is 9.53. The molecule has 4 rings (SSSR count). The maximum atomic E-state index is 11.8. The Morgan fingerprint density at radius 1 is 1.21 bits per heavy atom. The van der Waals surface area contributed by atoms with E-state index in [1.54, 1.807) is 18.9 Å². The van der Waals surface area contributed by atoms with Crippen LogP contribution in [0.5, 0.6) is 0 Å². The number of fused-ring (bicyclic) bond motifs is 1. The number of nitrogens with zero attached hydrogens (tertiary/aromatic N) is 3. The van der Waals surface area contributed by atoms with Crippen molar-refractivity contribution in [1.82, 2.24) is 19.4 Å². The molecule has 1 amide bonds. The Morgan fingerprint density at radius 2 is 2.00 bits per heavy atom. The van der Waals surface area contributed by atoms with Gasteiger partial charge in [-0.3, -0.25) is 9.48 Å². The topological polar surface area (TPSA) is 62.2 Å². The number of hydrogen-bond acceptors (Lipinski definition) is 5. The van der Waals surface area contributed by atoms with Gasteiger partial charge in [-0.1, -0.05) is 30.2 Å². The van der Waals surface area contributed by atoms with Crippen LogP contribution < -0.4 is 10.0 Å². The summed E-state index contributed by atoms with van der Waals surface area (Å²) in [5.41, 5.74) is 7.05. The molecular weight excluding hydrogens is 382 g/mol. The number of hydrogen-bond donors (Lipinski definition) is 2. The van der Waals surface area contributed by atoms with E-state index in [4.69, 9.17) is 0 Å². The fourth-order valence-electron chi connectivity index (χ4n) is 3.96. The molecule has 1 aromatic heterocycles. The molecule has 2 aromatic rings. The van der Waals surface area contributed by atoms with Gasteiger partial charge in [0.15, 0.2) is 5.82 Å². The molecule has 0 unspecified atom stereocenters. The van der Waals surface area contributed by atoms with Gasteiger partial charge in [0.1, 0.15) is 0 Å². The average molecular weight is 410 g/mol. The molecule has 1 aliphatic heterocycles. The van der Waals surface area contributed by atoms with Crippen LogP contribution in [-0.4, -0.2) is 33.4 Å². The van der Waals surface area contributed by atoms with Crippen LogP contribution in [0.3, 0.4) is 0 Å². The predicted molar refractivity (Wildman–Crippen MR) is 120 cm³/mol. The molecule has 7 heteroatoms. The maximum absolute atomic E-state index is 11.8. The molecule has 0 saturated carbocycles. The van der Waals surface area contributed by atoms with E-state index >= 15 is 0 Å². The van der Waals surface area contributed by atoms with Crippen LogP contribution in [0, 0.1) is 0 Å². The first kappa shape index (κ1) is 19.6. The summed E-state index contributed by atoms with van der Waals surface area (Å²) in [4.78, 5) is 13.7. The third-order valence-electron chi connectivity index (χ3n) is 5.51. The molecule has 29 heavy (non-hydrogen) atoms. The number of rotatable bonds is 5. The largest absolute Gasteiger partial charge is 0.338 e. The molecule has 0 radical (unpaired) electrons. The Kier molecular flexibility index (Phi) is 5.67. The molecule has 2 aliphatic rings. The molecular formula is C22H27N5OS. The number of benzene rings is 1. The van der Waals surface area contributed by atoms with Crippen molar-refractivity contribution in [3.8, 4) is 0 Å². The minimum atomic E-state index is 0.110. The second kappa shape index (κ2) is 8.37. The molecule has 0 saturated heterocycles. The van der Waals surface area contributed by atoms with Crippen molar-refractivity contribution in [2.75, 3.05) is 18.1 Å². The molecule has 1 aromatic carbocycles. The van der Waals surface area contributed by atoms with Crippen molar-refractivity contribution < 1.29 is 4.79 Å². The van der Waals surface area contributed by atoms with E-state index in [9.17, 15) is 4.79 Å². The van der Waals surface area contributed by atoms with Crippen LogP contribution in [0.1, 0.15) is 36.6 Å². The highest BCUT2D eigenvalue weighted by Gasteiger charge is 2.25. The first-order valence-corrected chi connectivity index (χ1v) is 11.1. The molecule has 1 aliphatic carbocycles. The van der Waals surface area contributed by atoms with Gasteiger partial charge in [-0.05, 0) is 42.2 Å². The van der Waals surface area contributed by atoms with Crippen molar-refractivity contribution in [3.05, 3.63) is 58.9 Å². The summed E-state index contributed by atoms with van der Waals surface area (Å²) in [5.74, 6) is 0.948. The van der Waals surface area contributed by atoms with Crippen LogP contribution in [0.25, 0.3) is 5.57 Å². The van der Waals surface area contributed by atoms with E-state index < -0.39 is 0 Å². The fraction of sp³-hybridized carbons (Fsp3) is 0.364. The first-order chi connectivity index (χ1) is 14.0. The van der Waals surface area contributed by atoms with Gasteiger partial charge in [0, 0.05) is 55.8 Å². The number of nitrogens with one attached hydrogen (secondary N) is 2. The van der Waals surface area contributed by atoms with Crippen molar-refractivity contribution in [2.45, 2.75) is 32.7 Å². The molecule has 0 spiro atoms. The Hall–Kier alpha value is -2.67. The number of amides is 1. The highest BCUT2D eigenvalue weighted by molar-refractivity contribution is 7.96. The van der Waals surface area contributed by atoms with Crippen molar-refractivity contribution >= 4 is 34.9 Å². The molecule has 2 N–H and O–H groups in total. The van der Waals surface area contributed by atoms with Gasteiger partial charge in [-0.15, -0.1) is 0 Å². The second-order valence-electron chi connectivity index (χ2n) is 7.46. The minimum Gasteiger partial charge on any atom is -0.338 e. The van der Waals surface area contributed by atoms with E-state index in [1.807, 2.05) is 22.9 Å². The number of aryl methyl sites for hydroxylation is 1. The number of aromatic nitrogens is 2. The van der Waals surface area contributed by atoms with Crippen molar-refractivity contribution in [3.63, 3.8) is 0 Å². The minimum absolute atomic E-state index is 0.110. The van der Waals surface area contributed by atoms with Crippen molar-refractivity contribution in [2.24, 2.45) is 7.05 Å². The summed E-state index contributed by atoms with van der Waals surface area (Å²) in [6.45, 7) is 3.00. The van der Waals surface area contributed by atoms with Gasteiger partial charge in [-0.25, -0.2) is 0 Å². The van der Waals surface area contributed by atoms with E-state index in [-0.39, 0.29) is 5.91 Å². The SMILES string of the molecule is CSNC1=CC(c2ccc(Nc3nn(C)c4c3CN(C(C)=O)CC4)cc2)=CCC1.